The van der Waals surface area contributed by atoms with Gasteiger partial charge in [-0.25, -0.2) is 8.78 Å². The molecule has 0 bridgehead atoms. The Labute approximate surface area is 91.8 Å². The largest absolute Gasteiger partial charge is 0.374 e. The number of nitrogens with zero attached hydrogens (tertiary/aromatic N) is 2. The molecule has 5 nitrogen and oxygen atoms in total. The Hall–Kier alpha value is -1.66. The molecule has 1 heterocycles. The summed E-state index contributed by atoms with van der Waals surface area (Å²) in [7, 11) is 1.52. The highest BCUT2D eigenvalue weighted by molar-refractivity contribution is 5.75. The molecular formula is C9H14F2N4O. The van der Waals surface area contributed by atoms with Crippen molar-refractivity contribution in [2.45, 2.75) is 25.9 Å². The van der Waals surface area contributed by atoms with Gasteiger partial charge in [0.15, 0.2) is 0 Å². The molecule has 0 saturated carbocycles. The van der Waals surface area contributed by atoms with E-state index in [1.165, 1.54) is 31.0 Å². The van der Waals surface area contributed by atoms with Gasteiger partial charge in [0.25, 0.3) is 6.43 Å². The maximum atomic E-state index is 12.2. The fraction of sp³-hybridized carbons (Fsp3) is 0.556. The van der Waals surface area contributed by atoms with Gasteiger partial charge in [-0.15, -0.1) is 0 Å². The highest BCUT2D eigenvalue weighted by atomic mass is 19.3. The molecule has 1 atom stereocenters. The highest BCUT2D eigenvalue weighted by Gasteiger charge is 2.14. The minimum absolute atomic E-state index is 0.0707. The molecule has 7 heteroatoms. The molecule has 1 rings (SSSR count). The summed E-state index contributed by atoms with van der Waals surface area (Å²) in [5.41, 5.74) is 0.469. The average Bonchev–Trinajstić information content (AvgIpc) is 2.65. The topological polar surface area (TPSA) is 59.0 Å². The molecule has 90 valence electrons. The van der Waals surface area contributed by atoms with Gasteiger partial charge in [0.2, 0.25) is 5.91 Å². The van der Waals surface area contributed by atoms with Crippen molar-refractivity contribution in [1.29, 1.82) is 0 Å². The molecule has 1 aromatic rings. The number of amides is 1. The smallest absolute Gasteiger partial charge is 0.258 e. The van der Waals surface area contributed by atoms with E-state index in [1.54, 1.807) is 0 Å². The van der Waals surface area contributed by atoms with E-state index in [0.717, 1.165) is 0 Å². The lowest BCUT2D eigenvalue weighted by atomic mass is 10.3. The SMILES string of the molecule is CNC(=O)Cn1cc(NC(C)C(F)F)cn1. The zero-order valence-electron chi connectivity index (χ0n) is 9.08. The number of hydrogen-bond acceptors (Lipinski definition) is 3. The van der Waals surface area contributed by atoms with Crippen molar-refractivity contribution in [1.82, 2.24) is 15.1 Å². The van der Waals surface area contributed by atoms with Gasteiger partial charge in [-0.3, -0.25) is 9.48 Å². The van der Waals surface area contributed by atoms with Crippen LogP contribution in [0.25, 0.3) is 0 Å². The Kier molecular flexibility index (Phi) is 4.21. The first-order valence-electron chi connectivity index (χ1n) is 4.80. The van der Waals surface area contributed by atoms with Crippen LogP contribution in [0, 0.1) is 0 Å². The third-order valence-electron chi connectivity index (χ3n) is 1.99. The summed E-state index contributed by atoms with van der Waals surface area (Å²) in [4.78, 5) is 11.0. The number of alkyl halides is 2. The fourth-order valence-electron chi connectivity index (χ4n) is 1.08. The summed E-state index contributed by atoms with van der Waals surface area (Å²) < 4.78 is 25.8. The van der Waals surface area contributed by atoms with Crippen molar-refractivity contribution >= 4 is 11.6 Å². The molecular weight excluding hydrogens is 218 g/mol. The summed E-state index contributed by atoms with van der Waals surface area (Å²) in [6.07, 6.45) is 0.470. The van der Waals surface area contributed by atoms with E-state index in [-0.39, 0.29) is 12.5 Å². The molecule has 1 unspecified atom stereocenters. The Bertz CT molecular complexity index is 353. The van der Waals surface area contributed by atoms with Crippen molar-refractivity contribution in [2.24, 2.45) is 0 Å². The molecule has 1 amide bonds. The quantitative estimate of drug-likeness (QED) is 0.785. The molecule has 0 fully saturated rings. The number of nitrogens with one attached hydrogen (secondary N) is 2. The molecule has 0 radical (unpaired) electrons. The predicted molar refractivity (Wildman–Crippen MR) is 55.4 cm³/mol. The number of hydrogen-bond donors (Lipinski definition) is 2. The molecule has 0 aliphatic heterocycles. The lowest BCUT2D eigenvalue weighted by molar-refractivity contribution is -0.121. The minimum atomic E-state index is -2.44. The van der Waals surface area contributed by atoms with E-state index in [0.29, 0.717) is 5.69 Å². The summed E-state index contributed by atoms with van der Waals surface area (Å²) >= 11 is 0. The molecule has 16 heavy (non-hydrogen) atoms. The lowest BCUT2D eigenvalue weighted by Crippen LogP contribution is -2.24. The number of carbonyl (C=O) groups is 1. The third-order valence-corrected chi connectivity index (χ3v) is 1.99. The van der Waals surface area contributed by atoms with E-state index in [1.807, 2.05) is 0 Å². The zero-order chi connectivity index (χ0) is 12.1. The molecule has 2 N–H and O–H groups in total. The first-order valence-corrected chi connectivity index (χ1v) is 4.80. The summed E-state index contributed by atoms with van der Waals surface area (Å²) in [6.45, 7) is 1.45. The lowest BCUT2D eigenvalue weighted by Gasteiger charge is -2.11. The van der Waals surface area contributed by atoms with Gasteiger partial charge in [-0.05, 0) is 6.92 Å². The fourth-order valence-corrected chi connectivity index (χ4v) is 1.08. The standard InChI is InChI=1S/C9H14F2N4O/c1-6(9(10)11)14-7-3-13-15(4-7)5-8(16)12-2/h3-4,6,9,14H,5H2,1-2H3,(H,12,16). The van der Waals surface area contributed by atoms with Crippen LogP contribution in [0.15, 0.2) is 12.4 Å². The number of anilines is 1. The molecule has 0 spiro atoms. The van der Waals surface area contributed by atoms with Crippen molar-refractivity contribution in [2.75, 3.05) is 12.4 Å². The maximum absolute atomic E-state index is 12.2. The van der Waals surface area contributed by atoms with Crippen LogP contribution in [-0.2, 0) is 11.3 Å². The first kappa shape index (κ1) is 12.4. The van der Waals surface area contributed by atoms with Gasteiger partial charge in [-0.2, -0.15) is 5.10 Å². The zero-order valence-corrected chi connectivity index (χ0v) is 9.08. The molecule has 0 saturated heterocycles. The van der Waals surface area contributed by atoms with Gasteiger partial charge >= 0.3 is 0 Å². The van der Waals surface area contributed by atoms with Gasteiger partial charge in [0.1, 0.15) is 6.54 Å². The summed E-state index contributed by atoms with van der Waals surface area (Å²) in [5.74, 6) is -0.198. The number of rotatable bonds is 5. The van der Waals surface area contributed by atoms with Gasteiger partial charge in [0, 0.05) is 13.2 Å². The Morgan fingerprint density at radius 3 is 2.88 bits per heavy atom. The van der Waals surface area contributed by atoms with Crippen LogP contribution >= 0.6 is 0 Å². The van der Waals surface area contributed by atoms with Crippen LogP contribution in [0.1, 0.15) is 6.92 Å². The van der Waals surface area contributed by atoms with Gasteiger partial charge in [0.05, 0.1) is 17.9 Å². The predicted octanol–water partition coefficient (Wildman–Crippen LogP) is 0.695. The van der Waals surface area contributed by atoms with Crippen molar-refractivity contribution in [3.8, 4) is 0 Å². The molecule has 0 aliphatic rings. The summed E-state index contributed by atoms with van der Waals surface area (Å²) in [6, 6.07) is -0.947. The van der Waals surface area contributed by atoms with Crippen LogP contribution in [0.5, 0.6) is 0 Å². The molecule has 0 aliphatic carbocycles. The number of halogens is 2. The van der Waals surface area contributed by atoms with Crippen LogP contribution in [0.3, 0.4) is 0 Å². The van der Waals surface area contributed by atoms with Gasteiger partial charge in [-0.1, -0.05) is 0 Å². The maximum Gasteiger partial charge on any atom is 0.258 e. The van der Waals surface area contributed by atoms with E-state index >= 15 is 0 Å². The Balaban J connectivity index is 2.54. The minimum Gasteiger partial charge on any atom is -0.374 e. The van der Waals surface area contributed by atoms with E-state index in [9.17, 15) is 13.6 Å². The van der Waals surface area contributed by atoms with Crippen molar-refractivity contribution in [3.05, 3.63) is 12.4 Å². The normalized spacial score (nSPS) is 12.6. The average molecular weight is 232 g/mol. The van der Waals surface area contributed by atoms with Crippen molar-refractivity contribution < 1.29 is 13.6 Å². The molecule has 1 aromatic heterocycles. The second kappa shape index (κ2) is 5.43. The molecule has 0 aromatic carbocycles. The monoisotopic (exact) mass is 232 g/mol. The second-order valence-electron chi connectivity index (χ2n) is 3.37. The van der Waals surface area contributed by atoms with Crippen molar-refractivity contribution in [3.63, 3.8) is 0 Å². The van der Waals surface area contributed by atoms with Gasteiger partial charge < -0.3 is 10.6 Å². The van der Waals surface area contributed by atoms with Crippen LogP contribution in [-0.4, -0.2) is 35.2 Å². The van der Waals surface area contributed by atoms with E-state index in [4.69, 9.17) is 0 Å². The van der Waals surface area contributed by atoms with Crippen LogP contribution in [0.4, 0.5) is 14.5 Å². The Morgan fingerprint density at radius 1 is 1.62 bits per heavy atom. The number of likely N-dealkylation sites (N-methyl/N-ethyl adjacent to an activating group) is 1. The third kappa shape index (κ3) is 3.48. The number of carbonyl (C=O) groups excluding carboxylic acids is 1. The first-order chi connectivity index (χ1) is 7.52. The number of aromatic nitrogens is 2. The van der Waals surface area contributed by atoms with Crippen LogP contribution < -0.4 is 10.6 Å². The van der Waals surface area contributed by atoms with Crippen LogP contribution in [0.2, 0.25) is 0 Å². The summed E-state index contributed by atoms with van der Waals surface area (Å²) in [5, 5.41) is 8.89. The highest BCUT2D eigenvalue weighted by Crippen LogP contribution is 2.10. The second-order valence-corrected chi connectivity index (χ2v) is 3.37. The Morgan fingerprint density at radius 2 is 2.31 bits per heavy atom. The van der Waals surface area contributed by atoms with E-state index < -0.39 is 12.5 Å². The van der Waals surface area contributed by atoms with E-state index in [2.05, 4.69) is 15.7 Å².